The standard InChI is InChI=1S/C22H34BrNO5S.C16H23NO5.C15H22BrNO3.C15H23NO3/c1-14-12-17(24-30(26,27)13-16-10-8-7-9-11-16)15(2)18(19(14)23)20(21(25)28-6)29-22(3,4)5;1-9-8-12(11(3)13(10(9)2)17(19)20)14(15(18)21-7)22-16(4,5)6;1-8-7-10(17)9(2)11(12(8)16)13(14(18)19-6)20-15(3,4)5;1-9-7-11(10(2)12(16)8-9)13(14(17)18-6)19-15(3,4)5/h12,16,20,24H,7-11,13H2,1-6H3;8,14H,1-7H3;7,13H,17H2,1-6H3;7-8,13H,16H2,1-6H3/t20-;14-;2*13-/m0000/s1. The zero-order chi connectivity index (χ0) is 70.4. The maximum absolute atomic E-state index is 12.9. The van der Waals surface area contributed by atoms with E-state index in [1.54, 1.807) is 39.8 Å². The minimum atomic E-state index is -3.51. The number of sulfonamides is 1. The summed E-state index contributed by atoms with van der Waals surface area (Å²) in [7, 11) is 1.78. The van der Waals surface area contributed by atoms with Crippen molar-refractivity contribution in [3.05, 3.63) is 122 Å². The Labute approximate surface area is 558 Å². The molecule has 4 aromatic rings. The molecule has 20 nitrogen and oxygen atoms in total. The van der Waals surface area contributed by atoms with E-state index < -0.39 is 85.6 Å². The molecule has 5 N–H and O–H groups in total. The third-order valence-corrected chi connectivity index (χ3v) is 18.1. The highest BCUT2D eigenvalue weighted by atomic mass is 79.9. The molecular formula is C68H102Br2N4O16S. The third kappa shape index (κ3) is 24.6. The van der Waals surface area contributed by atoms with E-state index in [4.69, 9.17) is 49.4 Å². The molecule has 0 spiro atoms. The summed E-state index contributed by atoms with van der Waals surface area (Å²) in [4.78, 5) is 59.7. The van der Waals surface area contributed by atoms with Crippen LogP contribution in [0.2, 0.25) is 0 Å². The van der Waals surface area contributed by atoms with Gasteiger partial charge in [-0.05, 0) is 227 Å². The van der Waals surface area contributed by atoms with Crippen molar-refractivity contribution >= 4 is 88.5 Å². The number of nitrogens with one attached hydrogen (secondary N) is 1. The lowest BCUT2D eigenvalue weighted by molar-refractivity contribution is -0.386. The van der Waals surface area contributed by atoms with Crippen LogP contribution in [0.25, 0.3) is 0 Å². The van der Waals surface area contributed by atoms with Gasteiger partial charge in [-0.1, -0.05) is 63.3 Å². The number of carbonyl (C=O) groups is 4. The SMILES string of the molecule is COC(=O)[C@@H](OC(C)(C)C)c1c(C)c(N)cc(C)c1Br.COC(=O)[C@@H](OC(C)(C)C)c1c(C)c(NS(=O)(=O)CC2CCCCC2)cc(C)c1Br.COC(=O)[C@@H](OC(C)(C)C)c1cc(C)c(C)c([N+](=O)[O-])c1C.COC(=O)[C@@H](OC(C)(C)C)c1cc(C)cc(N)c1C. The van der Waals surface area contributed by atoms with Gasteiger partial charge in [0.25, 0.3) is 5.69 Å². The van der Waals surface area contributed by atoms with Gasteiger partial charge < -0.3 is 49.4 Å². The van der Waals surface area contributed by atoms with Crippen molar-refractivity contribution < 1.29 is 70.4 Å². The molecule has 4 aromatic carbocycles. The lowest BCUT2D eigenvalue weighted by Gasteiger charge is -2.29. The molecule has 0 bridgehead atoms. The molecule has 510 valence electrons. The average molecular weight is 1420 g/mol. The van der Waals surface area contributed by atoms with E-state index in [0.717, 1.165) is 74.7 Å². The number of hydrogen-bond acceptors (Lipinski definition) is 18. The number of benzene rings is 4. The monoisotopic (exact) mass is 1420 g/mol. The first-order valence-electron chi connectivity index (χ1n) is 30.1. The minimum absolute atomic E-state index is 0.0152. The Morgan fingerprint density at radius 1 is 0.527 bits per heavy atom. The normalized spacial score (nSPS) is 14.3. The highest BCUT2D eigenvalue weighted by Crippen LogP contribution is 2.42. The molecule has 0 unspecified atom stereocenters. The van der Waals surface area contributed by atoms with Crippen LogP contribution in [-0.4, -0.2) is 93.8 Å². The van der Waals surface area contributed by atoms with Crippen LogP contribution >= 0.6 is 31.9 Å². The molecule has 1 saturated carbocycles. The number of nitrogens with zero attached hydrogens (tertiary/aromatic N) is 1. The summed E-state index contributed by atoms with van der Waals surface area (Å²) in [6, 6.07) is 9.20. The number of anilines is 3. The maximum atomic E-state index is 12.9. The van der Waals surface area contributed by atoms with Crippen LogP contribution in [0.1, 0.15) is 212 Å². The van der Waals surface area contributed by atoms with Crippen molar-refractivity contribution in [1.82, 2.24) is 0 Å². The summed E-state index contributed by atoms with van der Waals surface area (Å²) in [5, 5.41) is 11.3. The van der Waals surface area contributed by atoms with Gasteiger partial charge >= 0.3 is 23.9 Å². The van der Waals surface area contributed by atoms with Crippen molar-refractivity contribution in [2.75, 3.05) is 50.4 Å². The van der Waals surface area contributed by atoms with Crippen molar-refractivity contribution in [3.63, 3.8) is 0 Å². The number of ether oxygens (including phenoxy) is 8. The van der Waals surface area contributed by atoms with Gasteiger partial charge in [0.05, 0.1) is 67.2 Å². The maximum Gasteiger partial charge on any atom is 0.339 e. The Morgan fingerprint density at radius 2 is 0.890 bits per heavy atom. The fourth-order valence-electron chi connectivity index (χ4n) is 10.0. The number of nitro benzene ring substituents is 1. The molecule has 4 atom stereocenters. The molecule has 0 amide bonds. The summed E-state index contributed by atoms with van der Waals surface area (Å²) in [5.41, 5.74) is 20.9. The Kier molecular flexibility index (Phi) is 30.4. The van der Waals surface area contributed by atoms with Crippen LogP contribution < -0.4 is 16.2 Å². The van der Waals surface area contributed by atoms with Gasteiger partial charge in [0, 0.05) is 48.1 Å². The first kappa shape index (κ1) is 81.4. The molecule has 23 heteroatoms. The highest BCUT2D eigenvalue weighted by Gasteiger charge is 2.37. The van der Waals surface area contributed by atoms with Gasteiger partial charge in [-0.3, -0.25) is 14.8 Å². The molecule has 5 rings (SSSR count). The zero-order valence-electron chi connectivity index (χ0n) is 58.3. The summed E-state index contributed by atoms with van der Waals surface area (Å²) < 4.78 is 73.1. The Balaban J connectivity index is 0.000000421. The molecule has 0 radical (unpaired) electrons. The quantitative estimate of drug-likeness (QED) is 0.0291. The van der Waals surface area contributed by atoms with Gasteiger partial charge in [-0.25, -0.2) is 27.6 Å². The summed E-state index contributed by atoms with van der Waals surface area (Å²) in [5.74, 6) is -1.64. The predicted octanol–water partition coefficient (Wildman–Crippen LogP) is 15.6. The van der Waals surface area contributed by atoms with Gasteiger partial charge in [0.1, 0.15) is 0 Å². The predicted molar refractivity (Wildman–Crippen MR) is 366 cm³/mol. The van der Waals surface area contributed by atoms with E-state index in [-0.39, 0.29) is 17.4 Å². The summed E-state index contributed by atoms with van der Waals surface area (Å²) >= 11 is 7.09. The van der Waals surface area contributed by atoms with Crippen LogP contribution in [0, 0.1) is 78.3 Å². The second kappa shape index (κ2) is 33.9. The number of nitro groups is 1. The van der Waals surface area contributed by atoms with Crippen LogP contribution in [0.4, 0.5) is 22.7 Å². The van der Waals surface area contributed by atoms with E-state index in [1.807, 2.05) is 136 Å². The van der Waals surface area contributed by atoms with Crippen molar-refractivity contribution in [3.8, 4) is 0 Å². The van der Waals surface area contributed by atoms with Crippen LogP contribution in [-0.2, 0) is 67.1 Å². The number of carbonyl (C=O) groups excluding carboxylic acids is 4. The van der Waals surface area contributed by atoms with E-state index in [9.17, 15) is 37.7 Å². The number of nitrogen functional groups attached to an aromatic ring is 2. The molecule has 1 fully saturated rings. The third-order valence-electron chi connectivity index (χ3n) is 14.5. The fraction of sp³-hybridized carbons (Fsp3) is 0.588. The highest BCUT2D eigenvalue weighted by molar-refractivity contribution is 9.11. The molecule has 91 heavy (non-hydrogen) atoms. The number of nitrogens with two attached hydrogens (primary N) is 2. The average Bonchev–Trinajstić information content (AvgIpc) is 1.02. The summed E-state index contributed by atoms with van der Waals surface area (Å²) in [6.07, 6.45) is 1.72. The smallest absolute Gasteiger partial charge is 0.339 e. The largest absolute Gasteiger partial charge is 0.467 e. The molecule has 1 aliphatic carbocycles. The first-order valence-corrected chi connectivity index (χ1v) is 33.3. The molecule has 1 aliphatic rings. The molecular weight excluding hydrogens is 1320 g/mol. The van der Waals surface area contributed by atoms with Crippen molar-refractivity contribution in [2.45, 2.75) is 224 Å². The van der Waals surface area contributed by atoms with Crippen LogP contribution in [0.3, 0.4) is 0 Å². The number of esters is 4. The van der Waals surface area contributed by atoms with Crippen molar-refractivity contribution in [1.29, 1.82) is 0 Å². The van der Waals surface area contributed by atoms with Gasteiger partial charge in [0.15, 0.2) is 24.4 Å². The molecule has 0 aliphatic heterocycles. The fourth-order valence-corrected chi connectivity index (χ4v) is 12.8. The van der Waals surface area contributed by atoms with E-state index in [0.29, 0.717) is 49.4 Å². The first-order chi connectivity index (χ1) is 41.6. The van der Waals surface area contributed by atoms with Gasteiger partial charge in [0.2, 0.25) is 10.0 Å². The van der Waals surface area contributed by atoms with E-state index in [1.165, 1.54) is 34.9 Å². The molecule has 0 heterocycles. The van der Waals surface area contributed by atoms with E-state index >= 15 is 0 Å². The molecule has 0 aromatic heterocycles. The summed E-state index contributed by atoms with van der Waals surface area (Å²) in [6.45, 7) is 38.8. The zero-order valence-corrected chi connectivity index (χ0v) is 62.3. The number of halogens is 2. The Morgan fingerprint density at radius 3 is 1.29 bits per heavy atom. The lowest BCUT2D eigenvalue weighted by atomic mass is 9.91. The number of rotatable bonds is 17. The Bertz CT molecular complexity index is 3310. The van der Waals surface area contributed by atoms with Crippen molar-refractivity contribution in [2.24, 2.45) is 5.92 Å². The second-order valence-electron chi connectivity index (χ2n) is 26.9. The van der Waals surface area contributed by atoms with Gasteiger partial charge in [-0.15, -0.1) is 0 Å². The van der Waals surface area contributed by atoms with Crippen LogP contribution in [0.15, 0.2) is 39.3 Å². The molecule has 0 saturated heterocycles. The van der Waals surface area contributed by atoms with Crippen LogP contribution in [0.5, 0.6) is 0 Å². The topological polar surface area (TPSA) is 283 Å². The number of hydrogen-bond donors (Lipinski definition) is 3. The van der Waals surface area contributed by atoms with E-state index in [2.05, 4.69) is 36.6 Å². The Hall–Kier alpha value is -5.69. The lowest BCUT2D eigenvalue weighted by Crippen LogP contribution is -2.29. The van der Waals surface area contributed by atoms with Gasteiger partial charge in [-0.2, -0.15) is 0 Å². The number of methoxy groups -OCH3 is 4. The number of aryl methyl sites for hydroxylation is 4. The minimum Gasteiger partial charge on any atom is -0.467 e. The second-order valence-corrected chi connectivity index (χ2v) is 30.2.